The Morgan fingerprint density at radius 1 is 1.23 bits per heavy atom. The number of Topliss-reactive ketones (excluding diaryl/α,β-unsaturated/α-hetero) is 1. The summed E-state index contributed by atoms with van der Waals surface area (Å²) in [6.45, 7) is 3.77. The number of fused-ring (bicyclic) bond motifs is 1. The van der Waals surface area contributed by atoms with Crippen molar-refractivity contribution in [3.05, 3.63) is 53.9 Å². The Morgan fingerprint density at radius 3 is 2.62 bits per heavy atom. The molecule has 0 saturated heterocycles. The average molecular weight is 351 g/mol. The topological polar surface area (TPSA) is 79.4 Å². The van der Waals surface area contributed by atoms with Gasteiger partial charge >= 0.3 is 0 Å². The summed E-state index contributed by atoms with van der Waals surface area (Å²) in [6.07, 6.45) is 4.03. The van der Waals surface area contributed by atoms with Gasteiger partial charge in [-0.15, -0.1) is 0 Å². The molecule has 1 atom stereocenters. The normalized spacial score (nSPS) is 16.5. The second-order valence-corrected chi connectivity index (χ2v) is 6.42. The number of ketones is 1. The number of pyridine rings is 1. The number of hydrogen-bond donors (Lipinski definition) is 1. The van der Waals surface area contributed by atoms with Crippen LogP contribution < -0.4 is 10.2 Å². The number of amides is 2. The van der Waals surface area contributed by atoms with Crippen LogP contribution in [0.4, 0.5) is 11.4 Å². The first-order valence-corrected chi connectivity index (χ1v) is 8.64. The minimum absolute atomic E-state index is 0.00855. The molecule has 1 aromatic heterocycles. The van der Waals surface area contributed by atoms with Crippen LogP contribution in [-0.4, -0.2) is 29.1 Å². The molecular formula is C20H21N3O3. The van der Waals surface area contributed by atoms with E-state index in [1.165, 1.54) is 6.92 Å². The third kappa shape index (κ3) is 3.64. The van der Waals surface area contributed by atoms with Crippen molar-refractivity contribution in [3.8, 4) is 0 Å². The number of nitrogens with zero attached hydrogens (tertiary/aromatic N) is 2. The molecule has 1 N–H and O–H groups in total. The highest BCUT2D eigenvalue weighted by molar-refractivity contribution is 6.04. The van der Waals surface area contributed by atoms with E-state index in [-0.39, 0.29) is 29.9 Å². The highest BCUT2D eigenvalue weighted by atomic mass is 16.2. The summed E-state index contributed by atoms with van der Waals surface area (Å²) in [5.74, 6) is -0.469. The summed E-state index contributed by atoms with van der Waals surface area (Å²) >= 11 is 0. The van der Waals surface area contributed by atoms with Crippen molar-refractivity contribution < 1.29 is 14.4 Å². The maximum Gasteiger partial charge on any atom is 0.231 e. The van der Waals surface area contributed by atoms with Crippen LogP contribution in [0.25, 0.3) is 0 Å². The van der Waals surface area contributed by atoms with Crippen LogP contribution in [0, 0.1) is 5.92 Å². The standard InChI is InChI=1S/C20H21N3O3/c1-3-15-12-23(18-11-21-9-8-17(18)22-20(15)26)19(25)10-14-4-6-16(7-5-14)13(2)24/h4-9,11,15H,3,10,12H2,1-2H3,(H,22,26). The highest BCUT2D eigenvalue weighted by Crippen LogP contribution is 2.30. The van der Waals surface area contributed by atoms with Crippen LogP contribution in [-0.2, 0) is 16.0 Å². The fraction of sp³-hybridized carbons (Fsp3) is 0.300. The van der Waals surface area contributed by atoms with E-state index in [2.05, 4.69) is 10.3 Å². The van der Waals surface area contributed by atoms with E-state index >= 15 is 0 Å². The van der Waals surface area contributed by atoms with Crippen molar-refractivity contribution in [2.24, 2.45) is 5.92 Å². The van der Waals surface area contributed by atoms with E-state index in [0.717, 1.165) is 5.56 Å². The van der Waals surface area contributed by atoms with Gasteiger partial charge in [0.1, 0.15) is 0 Å². The van der Waals surface area contributed by atoms with Crippen LogP contribution in [0.2, 0.25) is 0 Å². The first kappa shape index (κ1) is 17.8. The molecule has 0 saturated carbocycles. The van der Waals surface area contributed by atoms with Gasteiger partial charge in [0.05, 0.1) is 29.9 Å². The lowest BCUT2D eigenvalue weighted by molar-refractivity contribution is -0.120. The van der Waals surface area contributed by atoms with Gasteiger partial charge in [0, 0.05) is 18.3 Å². The van der Waals surface area contributed by atoms with Gasteiger partial charge in [0.15, 0.2) is 5.78 Å². The Labute approximate surface area is 152 Å². The van der Waals surface area contributed by atoms with Crippen molar-refractivity contribution in [3.63, 3.8) is 0 Å². The Bertz CT molecular complexity index is 846. The van der Waals surface area contributed by atoms with Crippen molar-refractivity contribution in [1.29, 1.82) is 0 Å². The van der Waals surface area contributed by atoms with E-state index in [0.29, 0.717) is 29.9 Å². The molecule has 2 aromatic rings. The van der Waals surface area contributed by atoms with Gasteiger partial charge in [0.2, 0.25) is 11.8 Å². The Kier molecular flexibility index (Phi) is 5.11. The molecule has 0 bridgehead atoms. The molecule has 0 radical (unpaired) electrons. The second-order valence-electron chi connectivity index (χ2n) is 6.42. The molecule has 1 aliphatic rings. The lowest BCUT2D eigenvalue weighted by atomic mass is 10.0. The minimum atomic E-state index is -0.272. The molecule has 6 nitrogen and oxygen atoms in total. The van der Waals surface area contributed by atoms with E-state index in [9.17, 15) is 14.4 Å². The molecule has 26 heavy (non-hydrogen) atoms. The molecule has 6 heteroatoms. The number of anilines is 2. The van der Waals surface area contributed by atoms with Crippen molar-refractivity contribution in [2.45, 2.75) is 26.7 Å². The van der Waals surface area contributed by atoms with Crippen LogP contribution in [0.1, 0.15) is 36.2 Å². The lowest BCUT2D eigenvalue weighted by Crippen LogP contribution is -2.37. The molecule has 1 unspecified atom stereocenters. The molecule has 2 heterocycles. The predicted molar refractivity (Wildman–Crippen MR) is 99.2 cm³/mol. The lowest BCUT2D eigenvalue weighted by Gasteiger charge is -2.24. The van der Waals surface area contributed by atoms with Gasteiger partial charge in [0.25, 0.3) is 0 Å². The molecular weight excluding hydrogens is 330 g/mol. The number of carbonyl (C=O) groups excluding carboxylic acids is 3. The summed E-state index contributed by atoms with van der Waals surface area (Å²) in [5, 5.41) is 2.88. The first-order chi connectivity index (χ1) is 12.5. The van der Waals surface area contributed by atoms with Gasteiger partial charge in [-0.1, -0.05) is 31.2 Å². The van der Waals surface area contributed by atoms with Crippen LogP contribution in [0.15, 0.2) is 42.7 Å². The Hall–Kier alpha value is -3.02. The van der Waals surface area contributed by atoms with Gasteiger partial charge in [-0.3, -0.25) is 19.4 Å². The largest absolute Gasteiger partial charge is 0.324 e. The van der Waals surface area contributed by atoms with Gasteiger partial charge < -0.3 is 10.2 Å². The van der Waals surface area contributed by atoms with E-state index in [4.69, 9.17) is 0 Å². The molecule has 134 valence electrons. The van der Waals surface area contributed by atoms with Crippen LogP contribution in [0.3, 0.4) is 0 Å². The first-order valence-electron chi connectivity index (χ1n) is 8.64. The summed E-state index contributed by atoms with van der Waals surface area (Å²) in [6, 6.07) is 8.73. The number of carbonyl (C=O) groups is 3. The number of benzene rings is 1. The van der Waals surface area contributed by atoms with E-state index in [1.54, 1.807) is 47.6 Å². The zero-order valence-electron chi connectivity index (χ0n) is 14.9. The third-order valence-electron chi connectivity index (χ3n) is 4.63. The summed E-state index contributed by atoms with van der Waals surface area (Å²) in [5.41, 5.74) is 2.65. The monoisotopic (exact) mass is 351 g/mol. The minimum Gasteiger partial charge on any atom is -0.324 e. The number of rotatable bonds is 4. The SMILES string of the molecule is CCC1CN(C(=O)Cc2ccc(C(C)=O)cc2)c2cnccc2NC1=O. The quantitative estimate of drug-likeness (QED) is 0.859. The summed E-state index contributed by atoms with van der Waals surface area (Å²) in [4.78, 5) is 42.4. The Balaban J connectivity index is 1.86. The molecule has 1 aliphatic heterocycles. The number of aromatic nitrogens is 1. The maximum absolute atomic E-state index is 13.0. The Morgan fingerprint density at radius 2 is 1.96 bits per heavy atom. The average Bonchev–Trinajstić information content (AvgIpc) is 2.77. The summed E-state index contributed by atoms with van der Waals surface area (Å²) in [7, 11) is 0. The molecule has 1 aromatic carbocycles. The van der Waals surface area contributed by atoms with Gasteiger partial charge in [-0.2, -0.15) is 0 Å². The van der Waals surface area contributed by atoms with Crippen LogP contribution in [0.5, 0.6) is 0 Å². The predicted octanol–water partition coefficient (Wildman–Crippen LogP) is 2.84. The third-order valence-corrected chi connectivity index (χ3v) is 4.63. The van der Waals surface area contributed by atoms with Crippen LogP contribution >= 0.6 is 0 Å². The van der Waals surface area contributed by atoms with Crippen molar-refractivity contribution in [2.75, 3.05) is 16.8 Å². The zero-order chi connectivity index (χ0) is 18.7. The van der Waals surface area contributed by atoms with E-state index < -0.39 is 0 Å². The van der Waals surface area contributed by atoms with Gasteiger partial charge in [-0.05, 0) is 25.0 Å². The summed E-state index contributed by atoms with van der Waals surface area (Å²) < 4.78 is 0. The number of hydrogen-bond acceptors (Lipinski definition) is 4. The van der Waals surface area contributed by atoms with Crippen molar-refractivity contribution in [1.82, 2.24) is 4.98 Å². The molecule has 2 amide bonds. The zero-order valence-corrected chi connectivity index (χ0v) is 14.9. The smallest absolute Gasteiger partial charge is 0.231 e. The second kappa shape index (κ2) is 7.47. The van der Waals surface area contributed by atoms with E-state index in [1.807, 2.05) is 6.92 Å². The number of nitrogens with one attached hydrogen (secondary N) is 1. The van der Waals surface area contributed by atoms with Crippen molar-refractivity contribution >= 4 is 29.0 Å². The fourth-order valence-electron chi connectivity index (χ4n) is 3.02. The van der Waals surface area contributed by atoms with Gasteiger partial charge in [-0.25, -0.2) is 0 Å². The highest BCUT2D eigenvalue weighted by Gasteiger charge is 2.30. The molecule has 0 fully saturated rings. The molecule has 0 aliphatic carbocycles. The molecule has 3 rings (SSSR count). The fourth-order valence-corrected chi connectivity index (χ4v) is 3.02. The maximum atomic E-state index is 13.0. The molecule has 0 spiro atoms.